The molecule has 0 bridgehead atoms. The van der Waals surface area contributed by atoms with E-state index >= 15 is 0 Å². The zero-order chi connectivity index (χ0) is 20.3. The number of nitrogens with one attached hydrogen (secondary N) is 1. The summed E-state index contributed by atoms with van der Waals surface area (Å²) in [6.45, 7) is 0.430. The van der Waals surface area contributed by atoms with Gasteiger partial charge in [-0.1, -0.05) is 91.0 Å². The fourth-order valence-electron chi connectivity index (χ4n) is 3.67. The van der Waals surface area contributed by atoms with Crippen LogP contribution >= 0.6 is 0 Å². The van der Waals surface area contributed by atoms with E-state index in [1.54, 1.807) is 0 Å². The second kappa shape index (κ2) is 7.76. The molecule has 4 nitrogen and oxygen atoms in total. The monoisotopic (exact) mass is 389 g/mol. The summed E-state index contributed by atoms with van der Waals surface area (Å²) in [7, 11) is 0. The van der Waals surface area contributed by atoms with Crippen molar-refractivity contribution in [1.29, 1.82) is 0 Å². The van der Waals surface area contributed by atoms with Gasteiger partial charge in [0.15, 0.2) is 5.82 Å². The van der Waals surface area contributed by atoms with Crippen molar-refractivity contribution in [3.05, 3.63) is 108 Å². The second-order valence-corrected chi connectivity index (χ2v) is 7.10. The zero-order valence-electron chi connectivity index (χ0n) is 16.2. The molecule has 0 radical (unpaired) electrons. The van der Waals surface area contributed by atoms with Gasteiger partial charge < -0.3 is 5.32 Å². The first kappa shape index (κ1) is 18.0. The highest BCUT2D eigenvalue weighted by atomic mass is 16.1. The Morgan fingerprint density at radius 2 is 1.40 bits per heavy atom. The Labute approximate surface area is 174 Å². The van der Waals surface area contributed by atoms with Crippen LogP contribution in [-0.2, 0) is 6.54 Å². The Morgan fingerprint density at radius 3 is 2.27 bits per heavy atom. The molecular weight excluding hydrogens is 370 g/mol. The Balaban J connectivity index is 1.51. The summed E-state index contributed by atoms with van der Waals surface area (Å²) in [6.07, 6.45) is 0. The molecule has 5 rings (SSSR count). The van der Waals surface area contributed by atoms with Gasteiger partial charge in [0.1, 0.15) is 5.69 Å². The molecule has 0 atom stereocenters. The highest BCUT2D eigenvalue weighted by Crippen LogP contribution is 2.22. The average Bonchev–Trinajstić information content (AvgIpc) is 2.82. The van der Waals surface area contributed by atoms with Gasteiger partial charge in [-0.25, -0.2) is 9.97 Å². The number of nitrogens with zero attached hydrogens (tertiary/aromatic N) is 2. The van der Waals surface area contributed by atoms with Gasteiger partial charge in [-0.05, 0) is 22.4 Å². The highest BCUT2D eigenvalue weighted by Gasteiger charge is 2.16. The molecule has 0 aliphatic heterocycles. The van der Waals surface area contributed by atoms with Crippen LogP contribution in [0.25, 0.3) is 33.1 Å². The third-order valence-electron chi connectivity index (χ3n) is 5.17. The Kier molecular flexibility index (Phi) is 4.66. The van der Waals surface area contributed by atoms with E-state index < -0.39 is 0 Å². The molecule has 1 N–H and O–H groups in total. The van der Waals surface area contributed by atoms with E-state index in [1.165, 1.54) is 0 Å². The van der Waals surface area contributed by atoms with E-state index in [9.17, 15) is 4.79 Å². The first-order chi connectivity index (χ1) is 14.8. The minimum Gasteiger partial charge on any atom is -0.347 e. The summed E-state index contributed by atoms with van der Waals surface area (Å²) in [5.74, 6) is 0.336. The number of para-hydroxylation sites is 1. The number of amides is 1. The molecule has 0 saturated heterocycles. The minimum atomic E-state index is -0.210. The largest absolute Gasteiger partial charge is 0.347 e. The van der Waals surface area contributed by atoms with Crippen molar-refractivity contribution in [1.82, 2.24) is 15.3 Å². The van der Waals surface area contributed by atoms with E-state index in [4.69, 9.17) is 0 Å². The van der Waals surface area contributed by atoms with Crippen molar-refractivity contribution in [3.63, 3.8) is 0 Å². The average molecular weight is 389 g/mol. The van der Waals surface area contributed by atoms with E-state index in [-0.39, 0.29) is 5.91 Å². The molecule has 1 heterocycles. The normalized spacial score (nSPS) is 10.9. The van der Waals surface area contributed by atoms with Gasteiger partial charge >= 0.3 is 0 Å². The molecule has 0 saturated carbocycles. The molecule has 4 heteroatoms. The van der Waals surface area contributed by atoms with Gasteiger partial charge in [-0.15, -0.1) is 0 Å². The second-order valence-electron chi connectivity index (χ2n) is 7.10. The van der Waals surface area contributed by atoms with Crippen molar-refractivity contribution in [2.45, 2.75) is 6.54 Å². The molecule has 0 fully saturated rings. The van der Waals surface area contributed by atoms with Crippen LogP contribution in [0.2, 0.25) is 0 Å². The van der Waals surface area contributed by atoms with Gasteiger partial charge in [0.25, 0.3) is 5.91 Å². The van der Waals surface area contributed by atoms with Gasteiger partial charge in [0.2, 0.25) is 0 Å². The quantitative estimate of drug-likeness (QED) is 0.449. The summed E-state index contributed by atoms with van der Waals surface area (Å²) in [5, 5.41) is 6.08. The summed E-state index contributed by atoms with van der Waals surface area (Å²) < 4.78 is 0. The summed E-state index contributed by atoms with van der Waals surface area (Å²) in [4.78, 5) is 22.4. The number of hydrogen-bond donors (Lipinski definition) is 1. The van der Waals surface area contributed by atoms with Crippen LogP contribution in [0.3, 0.4) is 0 Å². The summed E-state index contributed by atoms with van der Waals surface area (Å²) >= 11 is 0. The Bertz CT molecular complexity index is 1360. The third-order valence-corrected chi connectivity index (χ3v) is 5.17. The number of benzene rings is 4. The zero-order valence-corrected chi connectivity index (χ0v) is 16.2. The smallest absolute Gasteiger partial charge is 0.270 e. The van der Waals surface area contributed by atoms with Gasteiger partial charge in [-0.2, -0.15) is 0 Å². The third kappa shape index (κ3) is 3.40. The van der Waals surface area contributed by atoms with Crippen LogP contribution in [-0.4, -0.2) is 15.9 Å². The summed E-state index contributed by atoms with van der Waals surface area (Å²) in [6, 6.07) is 31.6. The first-order valence-electron chi connectivity index (χ1n) is 9.87. The highest BCUT2D eigenvalue weighted by molar-refractivity contribution is 6.05. The lowest BCUT2D eigenvalue weighted by Crippen LogP contribution is -2.24. The standard InChI is InChI=1S/C26H19N3O/c30-26(27-17-20-13-8-12-18-9-4-5-14-21(18)20)24-22-15-6-7-16-23(22)28-25(29-24)19-10-2-1-3-11-19/h1-16H,17H2,(H,27,30). The Morgan fingerprint density at radius 1 is 0.700 bits per heavy atom. The molecule has 0 spiro atoms. The van der Waals surface area contributed by atoms with Gasteiger partial charge in [0.05, 0.1) is 5.52 Å². The van der Waals surface area contributed by atoms with Gasteiger partial charge in [0, 0.05) is 17.5 Å². The van der Waals surface area contributed by atoms with Crippen LogP contribution in [0.5, 0.6) is 0 Å². The van der Waals surface area contributed by atoms with Crippen LogP contribution in [0.4, 0.5) is 0 Å². The molecular formula is C26H19N3O. The predicted molar refractivity (Wildman–Crippen MR) is 120 cm³/mol. The summed E-state index contributed by atoms with van der Waals surface area (Å²) in [5.41, 5.74) is 3.09. The lowest BCUT2D eigenvalue weighted by molar-refractivity contribution is 0.0948. The van der Waals surface area contributed by atoms with Crippen molar-refractivity contribution >= 4 is 27.6 Å². The van der Waals surface area contributed by atoms with Crippen LogP contribution < -0.4 is 5.32 Å². The molecule has 0 aliphatic carbocycles. The van der Waals surface area contributed by atoms with Crippen molar-refractivity contribution in [2.75, 3.05) is 0 Å². The van der Waals surface area contributed by atoms with Crippen molar-refractivity contribution < 1.29 is 4.79 Å². The lowest BCUT2D eigenvalue weighted by atomic mass is 10.0. The fourth-order valence-corrected chi connectivity index (χ4v) is 3.67. The number of fused-ring (bicyclic) bond motifs is 2. The predicted octanol–water partition coefficient (Wildman–Crippen LogP) is 5.38. The topological polar surface area (TPSA) is 54.9 Å². The molecule has 5 aromatic rings. The SMILES string of the molecule is O=C(NCc1cccc2ccccc12)c1nc(-c2ccccc2)nc2ccccc12. The molecule has 4 aromatic carbocycles. The number of hydrogen-bond acceptors (Lipinski definition) is 3. The molecule has 0 unspecified atom stereocenters. The van der Waals surface area contributed by atoms with Crippen LogP contribution in [0.15, 0.2) is 97.1 Å². The van der Waals surface area contributed by atoms with E-state index in [2.05, 4.69) is 33.5 Å². The number of aromatic nitrogens is 2. The van der Waals surface area contributed by atoms with E-state index in [0.717, 1.165) is 32.8 Å². The van der Waals surface area contributed by atoms with E-state index in [0.29, 0.717) is 18.1 Å². The Hall–Kier alpha value is -4.05. The van der Waals surface area contributed by atoms with E-state index in [1.807, 2.05) is 78.9 Å². The molecule has 144 valence electrons. The molecule has 1 aromatic heterocycles. The van der Waals surface area contributed by atoms with Crippen LogP contribution in [0.1, 0.15) is 16.1 Å². The molecule has 30 heavy (non-hydrogen) atoms. The maximum absolute atomic E-state index is 13.2. The minimum absolute atomic E-state index is 0.210. The fraction of sp³-hybridized carbons (Fsp3) is 0.0385. The van der Waals surface area contributed by atoms with Gasteiger partial charge in [-0.3, -0.25) is 4.79 Å². The van der Waals surface area contributed by atoms with Crippen molar-refractivity contribution in [3.8, 4) is 11.4 Å². The molecule has 0 aliphatic rings. The number of rotatable bonds is 4. The molecule has 1 amide bonds. The van der Waals surface area contributed by atoms with Crippen LogP contribution in [0, 0.1) is 0 Å². The van der Waals surface area contributed by atoms with Crippen molar-refractivity contribution in [2.24, 2.45) is 0 Å². The maximum atomic E-state index is 13.2. The first-order valence-corrected chi connectivity index (χ1v) is 9.87. The number of carbonyl (C=O) groups excluding carboxylic acids is 1. The number of carbonyl (C=O) groups is 1. The lowest BCUT2D eigenvalue weighted by Gasteiger charge is -2.11. The maximum Gasteiger partial charge on any atom is 0.270 e.